The van der Waals surface area contributed by atoms with Gasteiger partial charge in [0, 0.05) is 5.38 Å². The van der Waals surface area contributed by atoms with Gasteiger partial charge in [-0.1, -0.05) is 22.9 Å². The SMILES string of the molecule is Cc1nc(CNc2nc(Cl)c(C#N)s2)cs1. The molecular weight excluding hydrogens is 264 g/mol. The van der Waals surface area contributed by atoms with E-state index in [0.717, 1.165) is 10.7 Å². The molecule has 0 atom stereocenters. The lowest BCUT2D eigenvalue weighted by atomic mass is 10.5. The number of thiazole rings is 2. The molecule has 0 spiro atoms. The summed E-state index contributed by atoms with van der Waals surface area (Å²) >= 11 is 8.61. The summed E-state index contributed by atoms with van der Waals surface area (Å²) in [6.45, 7) is 2.56. The molecule has 0 unspecified atom stereocenters. The van der Waals surface area contributed by atoms with Gasteiger partial charge in [0.2, 0.25) is 0 Å². The van der Waals surface area contributed by atoms with Gasteiger partial charge in [-0.2, -0.15) is 5.26 Å². The lowest BCUT2D eigenvalue weighted by Crippen LogP contribution is -1.98. The zero-order chi connectivity index (χ0) is 11.5. The molecule has 2 aromatic heterocycles. The predicted octanol–water partition coefficient (Wildman–Crippen LogP) is 3.05. The summed E-state index contributed by atoms with van der Waals surface area (Å²) in [6, 6.07) is 1.99. The highest BCUT2D eigenvalue weighted by molar-refractivity contribution is 7.16. The number of nitrogens with one attached hydrogen (secondary N) is 1. The second-order valence-electron chi connectivity index (χ2n) is 2.96. The zero-order valence-electron chi connectivity index (χ0n) is 8.32. The number of rotatable bonds is 3. The minimum Gasteiger partial charge on any atom is -0.356 e. The van der Waals surface area contributed by atoms with Crippen molar-refractivity contribution in [3.8, 4) is 6.07 Å². The van der Waals surface area contributed by atoms with Crippen molar-refractivity contribution in [3.63, 3.8) is 0 Å². The monoisotopic (exact) mass is 270 g/mol. The minimum atomic E-state index is 0.254. The Hall–Kier alpha value is -1.16. The van der Waals surface area contributed by atoms with E-state index in [1.807, 2.05) is 18.4 Å². The van der Waals surface area contributed by atoms with E-state index in [9.17, 15) is 0 Å². The maximum absolute atomic E-state index is 8.72. The van der Waals surface area contributed by atoms with Crippen molar-refractivity contribution in [2.45, 2.75) is 13.5 Å². The lowest BCUT2D eigenvalue weighted by Gasteiger charge is -1.97. The number of nitrogens with zero attached hydrogens (tertiary/aromatic N) is 3. The van der Waals surface area contributed by atoms with Crippen LogP contribution in [0.25, 0.3) is 0 Å². The van der Waals surface area contributed by atoms with E-state index in [2.05, 4.69) is 15.3 Å². The summed E-state index contributed by atoms with van der Waals surface area (Å²) in [6.07, 6.45) is 0. The van der Waals surface area contributed by atoms with Gasteiger partial charge in [0.15, 0.2) is 10.3 Å². The summed E-state index contributed by atoms with van der Waals surface area (Å²) in [5.74, 6) is 0. The van der Waals surface area contributed by atoms with Crippen LogP contribution in [0.15, 0.2) is 5.38 Å². The first-order valence-corrected chi connectivity index (χ1v) is 6.47. The molecule has 0 aliphatic heterocycles. The molecule has 0 aliphatic carbocycles. The second kappa shape index (κ2) is 4.78. The number of anilines is 1. The molecule has 0 amide bonds. The summed E-state index contributed by atoms with van der Waals surface area (Å²) in [7, 11) is 0. The summed E-state index contributed by atoms with van der Waals surface area (Å²) in [5.41, 5.74) is 0.965. The first-order chi connectivity index (χ1) is 7.69. The van der Waals surface area contributed by atoms with E-state index in [1.54, 1.807) is 11.3 Å². The number of hydrogen-bond acceptors (Lipinski definition) is 6. The Bertz CT molecular complexity index is 540. The highest BCUT2D eigenvalue weighted by atomic mass is 35.5. The van der Waals surface area contributed by atoms with Crippen LogP contribution in [0.1, 0.15) is 15.6 Å². The van der Waals surface area contributed by atoms with Crippen molar-refractivity contribution in [2.75, 3.05) is 5.32 Å². The van der Waals surface area contributed by atoms with E-state index in [-0.39, 0.29) is 5.15 Å². The van der Waals surface area contributed by atoms with Gasteiger partial charge in [-0.25, -0.2) is 9.97 Å². The Balaban J connectivity index is 2.02. The van der Waals surface area contributed by atoms with Crippen LogP contribution in [0.3, 0.4) is 0 Å². The quantitative estimate of drug-likeness (QED) is 0.931. The topological polar surface area (TPSA) is 61.6 Å². The highest BCUT2D eigenvalue weighted by Crippen LogP contribution is 2.26. The van der Waals surface area contributed by atoms with Crippen LogP contribution < -0.4 is 5.32 Å². The maximum atomic E-state index is 8.72. The second-order valence-corrected chi connectivity index (χ2v) is 5.38. The van der Waals surface area contributed by atoms with E-state index in [4.69, 9.17) is 16.9 Å². The molecule has 0 saturated heterocycles. The van der Waals surface area contributed by atoms with Gasteiger partial charge in [0.05, 0.1) is 17.2 Å². The molecule has 4 nitrogen and oxygen atoms in total. The van der Waals surface area contributed by atoms with Crippen molar-refractivity contribution in [2.24, 2.45) is 0 Å². The third-order valence-corrected chi connectivity index (χ3v) is 3.90. The van der Waals surface area contributed by atoms with Gasteiger partial charge in [-0.15, -0.1) is 11.3 Å². The molecule has 0 aliphatic rings. The van der Waals surface area contributed by atoms with E-state index in [1.165, 1.54) is 11.3 Å². The van der Waals surface area contributed by atoms with Crippen molar-refractivity contribution >= 4 is 39.4 Å². The van der Waals surface area contributed by atoms with Crippen LogP contribution in [-0.4, -0.2) is 9.97 Å². The lowest BCUT2D eigenvalue weighted by molar-refractivity contribution is 1.05. The van der Waals surface area contributed by atoms with Crippen LogP contribution in [0.2, 0.25) is 5.15 Å². The van der Waals surface area contributed by atoms with Crippen molar-refractivity contribution in [1.29, 1.82) is 5.26 Å². The average Bonchev–Trinajstić information content (AvgIpc) is 2.82. The van der Waals surface area contributed by atoms with E-state index in [0.29, 0.717) is 16.6 Å². The molecular formula is C9H7ClN4S2. The zero-order valence-corrected chi connectivity index (χ0v) is 10.7. The van der Waals surface area contributed by atoms with Crippen LogP contribution in [0, 0.1) is 18.3 Å². The number of nitriles is 1. The first-order valence-electron chi connectivity index (χ1n) is 4.40. The smallest absolute Gasteiger partial charge is 0.185 e. The molecule has 0 aromatic carbocycles. The molecule has 2 aromatic rings. The normalized spacial score (nSPS) is 10.1. The fourth-order valence-electron chi connectivity index (χ4n) is 1.10. The summed E-state index contributed by atoms with van der Waals surface area (Å²) in [5, 5.41) is 15.7. The third-order valence-electron chi connectivity index (χ3n) is 1.77. The molecule has 0 bridgehead atoms. The molecule has 82 valence electrons. The van der Waals surface area contributed by atoms with Crippen LogP contribution in [-0.2, 0) is 6.54 Å². The van der Waals surface area contributed by atoms with Gasteiger partial charge in [-0.05, 0) is 6.92 Å². The molecule has 0 saturated carbocycles. The maximum Gasteiger partial charge on any atom is 0.185 e. The van der Waals surface area contributed by atoms with Gasteiger partial charge < -0.3 is 5.32 Å². The van der Waals surface area contributed by atoms with Crippen molar-refractivity contribution in [1.82, 2.24) is 9.97 Å². The van der Waals surface area contributed by atoms with E-state index < -0.39 is 0 Å². The molecule has 2 heterocycles. The Kier molecular flexibility index (Phi) is 3.39. The van der Waals surface area contributed by atoms with Gasteiger partial charge in [-0.3, -0.25) is 0 Å². The van der Waals surface area contributed by atoms with Crippen molar-refractivity contribution in [3.05, 3.63) is 26.1 Å². The van der Waals surface area contributed by atoms with Gasteiger partial charge >= 0.3 is 0 Å². The first kappa shape index (κ1) is 11.3. The van der Waals surface area contributed by atoms with Gasteiger partial charge in [0.1, 0.15) is 10.9 Å². The highest BCUT2D eigenvalue weighted by Gasteiger charge is 2.08. The fraction of sp³-hybridized carbons (Fsp3) is 0.222. The molecule has 0 fully saturated rings. The van der Waals surface area contributed by atoms with Gasteiger partial charge in [0.25, 0.3) is 0 Å². The Morgan fingerprint density at radius 3 is 2.94 bits per heavy atom. The molecule has 0 radical (unpaired) electrons. The van der Waals surface area contributed by atoms with Crippen LogP contribution >= 0.6 is 34.3 Å². The number of aryl methyl sites for hydroxylation is 1. The summed E-state index contributed by atoms with van der Waals surface area (Å²) in [4.78, 5) is 8.77. The average molecular weight is 271 g/mol. The third kappa shape index (κ3) is 2.50. The Morgan fingerprint density at radius 2 is 2.38 bits per heavy atom. The molecule has 1 N–H and O–H groups in total. The number of halogens is 1. The minimum absolute atomic E-state index is 0.254. The van der Waals surface area contributed by atoms with Crippen LogP contribution in [0.4, 0.5) is 5.13 Å². The molecule has 2 rings (SSSR count). The molecule has 16 heavy (non-hydrogen) atoms. The summed E-state index contributed by atoms with van der Waals surface area (Å²) < 4.78 is 0. The molecule has 7 heteroatoms. The van der Waals surface area contributed by atoms with Crippen LogP contribution in [0.5, 0.6) is 0 Å². The Labute approximate surface area is 106 Å². The standard InChI is InChI=1S/C9H7ClN4S2/c1-5-13-6(4-15-5)3-12-9-14-8(10)7(2-11)16-9/h4H,3H2,1H3,(H,12,14). The predicted molar refractivity (Wildman–Crippen MR) is 66.0 cm³/mol. The van der Waals surface area contributed by atoms with E-state index >= 15 is 0 Å². The Morgan fingerprint density at radius 1 is 1.56 bits per heavy atom. The number of hydrogen-bond donors (Lipinski definition) is 1. The number of aromatic nitrogens is 2. The fourth-order valence-corrected chi connectivity index (χ4v) is 2.66. The largest absolute Gasteiger partial charge is 0.356 e. The van der Waals surface area contributed by atoms with Crippen molar-refractivity contribution < 1.29 is 0 Å².